The highest BCUT2D eigenvalue weighted by molar-refractivity contribution is 7.55. The van der Waals surface area contributed by atoms with Gasteiger partial charge in [-0.2, -0.15) is 0 Å². The fourth-order valence-corrected chi connectivity index (χ4v) is 10.8. The van der Waals surface area contributed by atoms with Crippen molar-refractivity contribution in [1.29, 1.82) is 0 Å². The third kappa shape index (κ3) is 6.02. The normalized spacial score (nSPS) is 16.4. The first kappa shape index (κ1) is 36.2. The van der Waals surface area contributed by atoms with Gasteiger partial charge in [0.25, 0.3) is 0 Å². The Kier molecular flexibility index (Phi) is 9.10. The van der Waals surface area contributed by atoms with Crippen molar-refractivity contribution >= 4 is 63.6 Å². The molecule has 0 bridgehead atoms. The SMILES string of the molecule is C/C=C\C(=C/C1=Cc2ccc(Pc3ccccc3)cc2C1(c1ccccc1)c1ccccc1)C1=CCC(c2ccc3c4ccccc4n4c5ccccc5nc4c3c2)C=C1. The zero-order chi connectivity index (χ0) is 40.0. The molecule has 60 heavy (non-hydrogen) atoms. The van der Waals surface area contributed by atoms with Gasteiger partial charge in [0.2, 0.25) is 0 Å². The highest BCUT2D eigenvalue weighted by Gasteiger charge is 2.44. The quantitative estimate of drug-likeness (QED) is 0.0852. The van der Waals surface area contributed by atoms with E-state index >= 15 is 0 Å². The van der Waals surface area contributed by atoms with Crippen LogP contribution in [0.1, 0.15) is 47.1 Å². The smallest absolute Gasteiger partial charge is 0.146 e. The lowest BCUT2D eigenvalue weighted by Gasteiger charge is -2.35. The van der Waals surface area contributed by atoms with Crippen molar-refractivity contribution in [3.8, 4) is 0 Å². The zero-order valence-corrected chi connectivity index (χ0v) is 34.5. The van der Waals surface area contributed by atoms with Gasteiger partial charge in [0.05, 0.1) is 22.0 Å². The van der Waals surface area contributed by atoms with Crippen molar-refractivity contribution in [2.24, 2.45) is 0 Å². The van der Waals surface area contributed by atoms with Crippen molar-refractivity contribution in [2.75, 3.05) is 0 Å². The molecule has 11 rings (SSSR count). The highest BCUT2D eigenvalue weighted by atomic mass is 31.1. The first-order valence-electron chi connectivity index (χ1n) is 20.9. The van der Waals surface area contributed by atoms with Gasteiger partial charge < -0.3 is 0 Å². The fourth-order valence-electron chi connectivity index (χ4n) is 9.76. The van der Waals surface area contributed by atoms with Crippen LogP contribution in [0, 0.1) is 0 Å². The number of nitrogens with zero attached hydrogens (tertiary/aromatic N) is 2. The van der Waals surface area contributed by atoms with Crippen molar-refractivity contribution in [1.82, 2.24) is 9.38 Å². The molecular weight excluding hydrogens is 744 g/mol. The van der Waals surface area contributed by atoms with Gasteiger partial charge in [0.15, 0.2) is 0 Å². The monoisotopic (exact) mass is 786 g/mol. The minimum Gasteiger partial charge on any atom is -0.292 e. The predicted molar refractivity (Wildman–Crippen MR) is 256 cm³/mol. The Bertz CT molecular complexity index is 3220. The van der Waals surface area contributed by atoms with Gasteiger partial charge in [-0.3, -0.25) is 4.40 Å². The van der Waals surface area contributed by atoms with Gasteiger partial charge in [-0.1, -0.05) is 185 Å². The molecule has 0 saturated carbocycles. The number of benzene rings is 7. The molecule has 0 amide bonds. The highest BCUT2D eigenvalue weighted by Crippen LogP contribution is 2.52. The maximum Gasteiger partial charge on any atom is 0.146 e. The van der Waals surface area contributed by atoms with Gasteiger partial charge in [-0.15, -0.1) is 0 Å². The average molecular weight is 787 g/mol. The van der Waals surface area contributed by atoms with Crippen molar-refractivity contribution < 1.29 is 0 Å². The molecule has 2 aromatic heterocycles. The molecule has 286 valence electrons. The van der Waals surface area contributed by atoms with Crippen molar-refractivity contribution in [3.63, 3.8) is 0 Å². The van der Waals surface area contributed by atoms with Crippen molar-refractivity contribution in [2.45, 2.75) is 24.7 Å². The van der Waals surface area contributed by atoms with E-state index in [0.717, 1.165) is 23.1 Å². The molecule has 0 radical (unpaired) electrons. The first-order chi connectivity index (χ1) is 29.7. The summed E-state index contributed by atoms with van der Waals surface area (Å²) < 4.78 is 2.34. The van der Waals surface area contributed by atoms with E-state index in [0.29, 0.717) is 8.58 Å². The molecule has 2 aliphatic rings. The van der Waals surface area contributed by atoms with E-state index in [1.165, 1.54) is 76.8 Å². The minimum atomic E-state index is -0.485. The molecule has 3 heteroatoms. The Labute approximate surface area is 353 Å². The summed E-state index contributed by atoms with van der Waals surface area (Å²) in [5.74, 6) is 0.257. The van der Waals surface area contributed by atoms with Gasteiger partial charge in [0.1, 0.15) is 5.65 Å². The van der Waals surface area contributed by atoms with Crippen LogP contribution >= 0.6 is 8.58 Å². The van der Waals surface area contributed by atoms with Crippen LogP contribution in [0.4, 0.5) is 0 Å². The number of aromatic nitrogens is 2. The fraction of sp³-hybridized carbons (Fsp3) is 0.0702. The molecule has 0 N–H and O–H groups in total. The number of hydrogen-bond donors (Lipinski definition) is 0. The Morgan fingerprint density at radius 2 is 1.37 bits per heavy atom. The van der Waals surface area contributed by atoms with Crippen molar-refractivity contribution in [3.05, 3.63) is 257 Å². The minimum absolute atomic E-state index is 0.257. The number of allylic oxidation sites excluding steroid dienone is 9. The number of imidazole rings is 1. The van der Waals surface area contributed by atoms with Crippen LogP contribution in [0.25, 0.3) is 44.4 Å². The number of hydrogen-bond acceptors (Lipinski definition) is 1. The third-order valence-corrected chi connectivity index (χ3v) is 13.7. The molecule has 2 nitrogen and oxygen atoms in total. The standard InChI is InChI=1S/C57H43N2P/c1-2-16-41(39-27-29-40(30-28-39)42-32-34-49-50-23-12-14-25-54(50)59-55-26-15-13-24-53(55)58-56(59)51(49)37-42)35-46-36-43-31-33-48(60-47-21-10-5-11-22-47)38-52(43)57(46,44-17-6-3-7-18-44)45-19-8-4-9-20-45/h2-29,31-38,40,60H,30H2,1H3/b16-2-,41-35+. The van der Waals surface area contributed by atoms with Crippen LogP contribution in [-0.4, -0.2) is 9.38 Å². The molecular formula is C57H43N2P. The molecule has 7 aromatic carbocycles. The molecule has 2 atom stereocenters. The molecule has 0 saturated heterocycles. The largest absolute Gasteiger partial charge is 0.292 e. The van der Waals surface area contributed by atoms with E-state index in [4.69, 9.17) is 4.98 Å². The summed E-state index contributed by atoms with van der Waals surface area (Å²) >= 11 is 0. The first-order valence-corrected chi connectivity index (χ1v) is 21.9. The van der Waals surface area contributed by atoms with Crippen LogP contribution in [0.15, 0.2) is 229 Å². The van der Waals surface area contributed by atoms with Gasteiger partial charge in [-0.25, -0.2) is 4.98 Å². The molecule has 2 unspecified atom stereocenters. The Hall–Kier alpha value is -6.86. The summed E-state index contributed by atoms with van der Waals surface area (Å²) in [7, 11) is 0.578. The van der Waals surface area contributed by atoms with Crippen LogP contribution < -0.4 is 10.6 Å². The molecule has 0 aliphatic heterocycles. The molecule has 0 fully saturated rings. The Morgan fingerprint density at radius 3 is 2.10 bits per heavy atom. The number of pyridine rings is 1. The van der Waals surface area contributed by atoms with Gasteiger partial charge >= 0.3 is 0 Å². The summed E-state index contributed by atoms with van der Waals surface area (Å²) in [6, 6.07) is 64.4. The summed E-state index contributed by atoms with van der Waals surface area (Å²) in [6.45, 7) is 2.12. The van der Waals surface area contributed by atoms with E-state index in [9.17, 15) is 0 Å². The van der Waals surface area contributed by atoms with E-state index in [1.54, 1.807) is 0 Å². The third-order valence-electron chi connectivity index (χ3n) is 12.5. The second-order valence-corrected chi connectivity index (χ2v) is 17.3. The zero-order valence-electron chi connectivity index (χ0n) is 33.5. The van der Waals surface area contributed by atoms with E-state index < -0.39 is 5.41 Å². The molecule has 0 spiro atoms. The average Bonchev–Trinajstić information content (AvgIpc) is 3.86. The Morgan fingerprint density at radius 1 is 0.667 bits per heavy atom. The van der Waals surface area contributed by atoms with E-state index in [2.05, 4.69) is 230 Å². The lowest BCUT2D eigenvalue weighted by Crippen LogP contribution is -2.30. The van der Waals surface area contributed by atoms with Crippen LogP contribution in [0.3, 0.4) is 0 Å². The number of para-hydroxylation sites is 3. The summed E-state index contributed by atoms with van der Waals surface area (Å²) in [4.78, 5) is 5.19. The predicted octanol–water partition coefficient (Wildman–Crippen LogP) is 13.3. The van der Waals surface area contributed by atoms with Crippen LogP contribution in [0.2, 0.25) is 0 Å². The van der Waals surface area contributed by atoms with Crippen LogP contribution in [-0.2, 0) is 5.41 Å². The second kappa shape index (κ2) is 15.1. The maximum atomic E-state index is 5.19. The summed E-state index contributed by atoms with van der Waals surface area (Å²) in [6.07, 6.45) is 17.5. The topological polar surface area (TPSA) is 17.3 Å². The lowest BCUT2D eigenvalue weighted by molar-refractivity contribution is 0.762. The molecule has 2 heterocycles. The van der Waals surface area contributed by atoms with E-state index in [-0.39, 0.29) is 5.92 Å². The molecule has 9 aromatic rings. The Balaban J connectivity index is 0.996. The van der Waals surface area contributed by atoms with Gasteiger partial charge in [-0.05, 0) is 116 Å². The van der Waals surface area contributed by atoms with E-state index in [1.807, 2.05) is 0 Å². The summed E-state index contributed by atoms with van der Waals surface area (Å²) in [5.41, 5.74) is 14.1. The number of fused-ring (bicyclic) bond motifs is 9. The second-order valence-electron chi connectivity index (χ2n) is 15.9. The van der Waals surface area contributed by atoms with Crippen LogP contribution in [0.5, 0.6) is 0 Å². The van der Waals surface area contributed by atoms with Gasteiger partial charge in [0, 0.05) is 16.7 Å². The molecule has 2 aliphatic carbocycles. The number of rotatable bonds is 8. The lowest BCUT2D eigenvalue weighted by atomic mass is 9.66. The summed E-state index contributed by atoms with van der Waals surface area (Å²) in [5, 5.41) is 6.37. The maximum absolute atomic E-state index is 5.19.